The first kappa shape index (κ1) is 31.4. The molecule has 0 unspecified atom stereocenters. The van der Waals surface area contributed by atoms with Crippen molar-refractivity contribution < 1.29 is 23.9 Å². The van der Waals surface area contributed by atoms with Gasteiger partial charge in [0.25, 0.3) is 5.91 Å². The Morgan fingerprint density at radius 1 is 1.19 bits per heavy atom. The molecule has 10 heteroatoms. The molecular formula is C32H42N4O5S. The van der Waals surface area contributed by atoms with Crippen molar-refractivity contribution >= 4 is 46.5 Å². The first-order valence-electron chi connectivity index (χ1n) is 14.4. The lowest BCUT2D eigenvalue weighted by molar-refractivity contribution is -0.138. The van der Waals surface area contributed by atoms with E-state index in [1.807, 2.05) is 42.5 Å². The summed E-state index contributed by atoms with van der Waals surface area (Å²) in [6.45, 7) is 14.8. The molecule has 4 rings (SSSR count). The molecule has 0 radical (unpaired) electrons. The van der Waals surface area contributed by atoms with Crippen LogP contribution in [0.1, 0.15) is 58.2 Å². The van der Waals surface area contributed by atoms with E-state index in [0.717, 1.165) is 10.9 Å². The van der Waals surface area contributed by atoms with Crippen molar-refractivity contribution in [2.45, 2.75) is 82.5 Å². The standard InChI is InChI=1S/C32H42N4O5S/c1-8-16-32(17-9-2)20-25-36(26(32)29(39)35-18-14-22-12-10-11-13-24(22)35)28(38)23(15-19-42-25)33-27(37)21(3)34(7)30(40)41-31(4,5)6/h8-14,18,21,23,25-26H,1-2,15-17,19-20H2,3-7H3,(H,33,37)/t21-,23-,25-,26-/m0/s1. The third-order valence-electron chi connectivity index (χ3n) is 8.15. The van der Waals surface area contributed by atoms with Crippen LogP contribution in [0.25, 0.3) is 10.9 Å². The van der Waals surface area contributed by atoms with E-state index in [1.54, 1.807) is 55.1 Å². The molecule has 42 heavy (non-hydrogen) atoms. The zero-order chi connectivity index (χ0) is 30.8. The second-order valence-corrected chi connectivity index (χ2v) is 13.5. The van der Waals surface area contributed by atoms with Gasteiger partial charge in [0.2, 0.25) is 11.8 Å². The molecule has 0 saturated carbocycles. The van der Waals surface area contributed by atoms with E-state index < -0.39 is 41.1 Å². The number of hydrogen-bond acceptors (Lipinski definition) is 6. The Hall–Kier alpha value is -3.53. The second kappa shape index (κ2) is 12.4. The van der Waals surface area contributed by atoms with Gasteiger partial charge in [-0.2, -0.15) is 0 Å². The van der Waals surface area contributed by atoms with Crippen LogP contribution in [-0.4, -0.2) is 80.1 Å². The predicted molar refractivity (Wildman–Crippen MR) is 166 cm³/mol. The molecule has 1 aromatic carbocycles. The van der Waals surface area contributed by atoms with Gasteiger partial charge in [-0.15, -0.1) is 24.9 Å². The molecular weight excluding hydrogens is 552 g/mol. The second-order valence-electron chi connectivity index (χ2n) is 12.2. The zero-order valence-corrected chi connectivity index (χ0v) is 26.0. The Kier molecular flexibility index (Phi) is 9.25. The van der Waals surface area contributed by atoms with Gasteiger partial charge >= 0.3 is 6.09 Å². The van der Waals surface area contributed by atoms with E-state index in [0.29, 0.717) is 31.4 Å². The summed E-state index contributed by atoms with van der Waals surface area (Å²) < 4.78 is 7.04. The largest absolute Gasteiger partial charge is 0.444 e. The van der Waals surface area contributed by atoms with E-state index in [2.05, 4.69) is 18.5 Å². The van der Waals surface area contributed by atoms with Crippen LogP contribution in [0.5, 0.6) is 0 Å². The fourth-order valence-electron chi connectivity index (χ4n) is 5.98. The molecule has 1 aromatic heterocycles. The number of para-hydroxylation sites is 1. The maximum atomic E-state index is 14.5. The van der Waals surface area contributed by atoms with Gasteiger partial charge in [0, 0.05) is 24.0 Å². The smallest absolute Gasteiger partial charge is 0.410 e. The monoisotopic (exact) mass is 594 g/mol. The molecule has 3 heterocycles. The van der Waals surface area contributed by atoms with Gasteiger partial charge in [0.1, 0.15) is 23.7 Å². The van der Waals surface area contributed by atoms with Crippen LogP contribution in [0.15, 0.2) is 61.8 Å². The summed E-state index contributed by atoms with van der Waals surface area (Å²) in [5.41, 5.74) is -0.526. The van der Waals surface area contributed by atoms with Crippen LogP contribution in [0.3, 0.4) is 0 Å². The normalized spacial score (nSPS) is 22.5. The Morgan fingerprint density at radius 3 is 2.50 bits per heavy atom. The van der Waals surface area contributed by atoms with E-state index in [1.165, 1.54) is 11.9 Å². The molecule has 3 amide bonds. The molecule has 2 saturated heterocycles. The van der Waals surface area contributed by atoms with Crippen molar-refractivity contribution in [1.29, 1.82) is 0 Å². The molecule has 0 aliphatic carbocycles. The minimum atomic E-state index is -0.873. The molecule has 2 aromatic rings. The Bertz CT molecular complexity index is 1370. The minimum Gasteiger partial charge on any atom is -0.444 e. The molecule has 4 atom stereocenters. The lowest BCUT2D eigenvalue weighted by atomic mass is 9.74. The van der Waals surface area contributed by atoms with Crippen LogP contribution in [0.4, 0.5) is 4.79 Å². The fraction of sp³-hybridized carbons (Fsp3) is 0.500. The van der Waals surface area contributed by atoms with E-state index >= 15 is 0 Å². The third kappa shape index (κ3) is 6.14. The van der Waals surface area contributed by atoms with Gasteiger partial charge < -0.3 is 15.0 Å². The summed E-state index contributed by atoms with van der Waals surface area (Å²) >= 11 is 1.63. The summed E-state index contributed by atoms with van der Waals surface area (Å²) in [6.07, 6.45) is 6.84. The number of allylic oxidation sites excluding steroid dienone is 2. The van der Waals surface area contributed by atoms with Crippen molar-refractivity contribution in [2.75, 3.05) is 12.8 Å². The van der Waals surface area contributed by atoms with Crippen LogP contribution >= 0.6 is 11.8 Å². The number of ether oxygens (including phenoxy) is 1. The average molecular weight is 595 g/mol. The van der Waals surface area contributed by atoms with Gasteiger partial charge in [0.05, 0.1) is 10.9 Å². The number of fused-ring (bicyclic) bond motifs is 2. The van der Waals surface area contributed by atoms with Gasteiger partial charge in [-0.05, 0) is 71.3 Å². The summed E-state index contributed by atoms with van der Waals surface area (Å²) in [5.74, 6) is -0.330. The van der Waals surface area contributed by atoms with Crippen molar-refractivity contribution in [3.8, 4) is 0 Å². The van der Waals surface area contributed by atoms with Crippen LogP contribution in [0, 0.1) is 5.41 Å². The zero-order valence-electron chi connectivity index (χ0n) is 25.2. The number of carbonyl (C=O) groups excluding carboxylic acids is 4. The first-order valence-corrected chi connectivity index (χ1v) is 15.4. The Balaban J connectivity index is 1.65. The highest BCUT2D eigenvalue weighted by atomic mass is 32.2. The molecule has 9 nitrogen and oxygen atoms in total. The molecule has 2 aliphatic rings. The molecule has 226 valence electrons. The minimum absolute atomic E-state index is 0.193. The summed E-state index contributed by atoms with van der Waals surface area (Å²) in [7, 11) is 1.49. The van der Waals surface area contributed by atoms with Gasteiger partial charge in [-0.1, -0.05) is 30.4 Å². The number of amides is 3. The number of thioether (sulfide) groups is 1. The van der Waals surface area contributed by atoms with Gasteiger partial charge in [-0.25, -0.2) is 4.79 Å². The van der Waals surface area contributed by atoms with E-state index in [9.17, 15) is 19.2 Å². The summed E-state index contributed by atoms with van der Waals surface area (Å²) in [4.78, 5) is 57.6. The number of rotatable bonds is 8. The molecule has 2 aliphatic heterocycles. The molecule has 0 spiro atoms. The highest BCUT2D eigenvalue weighted by molar-refractivity contribution is 7.99. The number of aromatic nitrogens is 1. The number of hydrogen-bond donors (Lipinski definition) is 1. The van der Waals surface area contributed by atoms with Crippen LogP contribution < -0.4 is 5.32 Å². The highest BCUT2D eigenvalue weighted by Gasteiger charge is 2.58. The first-order chi connectivity index (χ1) is 19.8. The quantitative estimate of drug-likeness (QED) is 0.421. The van der Waals surface area contributed by atoms with Crippen molar-refractivity contribution in [3.63, 3.8) is 0 Å². The SMILES string of the molecule is C=CCC1(CC=C)C[C@@H]2SCC[C@H](NC(=O)[C@H](C)N(C)C(=O)OC(C)(C)C)C(=O)N2[C@H]1C(=O)n1ccc2ccccc21. The number of carbonyl (C=O) groups is 4. The molecule has 2 fully saturated rings. The Morgan fingerprint density at radius 2 is 1.86 bits per heavy atom. The van der Waals surface area contributed by atoms with Gasteiger partial charge in [-0.3, -0.25) is 23.9 Å². The third-order valence-corrected chi connectivity index (χ3v) is 9.40. The predicted octanol–water partition coefficient (Wildman–Crippen LogP) is 5.22. The molecule has 0 bridgehead atoms. The van der Waals surface area contributed by atoms with E-state index in [4.69, 9.17) is 4.74 Å². The lowest BCUT2D eigenvalue weighted by Crippen LogP contribution is -2.57. The number of nitrogens with one attached hydrogen (secondary N) is 1. The summed E-state index contributed by atoms with van der Waals surface area (Å²) in [5, 5.41) is 3.58. The van der Waals surface area contributed by atoms with Crippen molar-refractivity contribution in [2.24, 2.45) is 5.41 Å². The van der Waals surface area contributed by atoms with Gasteiger partial charge in [0.15, 0.2) is 0 Å². The van der Waals surface area contributed by atoms with Crippen LogP contribution in [0.2, 0.25) is 0 Å². The number of nitrogens with zero attached hydrogens (tertiary/aromatic N) is 3. The van der Waals surface area contributed by atoms with E-state index in [-0.39, 0.29) is 17.2 Å². The lowest BCUT2D eigenvalue weighted by Gasteiger charge is -2.37. The number of benzene rings is 1. The highest BCUT2D eigenvalue weighted by Crippen LogP contribution is 2.51. The maximum absolute atomic E-state index is 14.5. The van der Waals surface area contributed by atoms with Crippen molar-refractivity contribution in [3.05, 3.63) is 61.8 Å². The number of likely N-dealkylation sites (N-methyl/N-ethyl adjacent to an activating group) is 1. The van der Waals surface area contributed by atoms with Crippen LogP contribution in [-0.2, 0) is 14.3 Å². The molecule has 1 N–H and O–H groups in total. The Labute approximate surface area is 252 Å². The summed E-state index contributed by atoms with van der Waals surface area (Å²) in [6, 6.07) is 7.05. The topological polar surface area (TPSA) is 101 Å². The fourth-order valence-corrected chi connectivity index (χ4v) is 7.46. The average Bonchev–Trinajstić information content (AvgIpc) is 3.45. The maximum Gasteiger partial charge on any atom is 0.410 e. The van der Waals surface area contributed by atoms with Crippen molar-refractivity contribution in [1.82, 2.24) is 19.7 Å².